The number of aromatic amines is 1. The molecule has 24 heavy (non-hydrogen) atoms. The number of hydrogen-bond donors (Lipinski definition) is 2. The molecule has 3 rings (SSSR count). The standard InChI is InChI=1S/C20H22BrClN2/c1-12-9-13(2)19-15(5-3-4-8-23)20(24-18(19)10-12)16-11-14(21)6-7-17(16)22/h6-7,9-11,24H,3-5,8,23H2,1-2H3. The van der Waals surface area contributed by atoms with Crippen molar-refractivity contribution in [1.29, 1.82) is 0 Å². The molecule has 1 heterocycles. The number of halogens is 2. The molecule has 2 aromatic carbocycles. The van der Waals surface area contributed by atoms with Crippen molar-refractivity contribution in [1.82, 2.24) is 4.98 Å². The van der Waals surface area contributed by atoms with Gasteiger partial charge in [-0.05, 0) is 80.6 Å². The van der Waals surface area contributed by atoms with E-state index in [0.717, 1.165) is 46.6 Å². The number of nitrogens with two attached hydrogens (primary N) is 1. The molecule has 0 aliphatic carbocycles. The van der Waals surface area contributed by atoms with Gasteiger partial charge >= 0.3 is 0 Å². The van der Waals surface area contributed by atoms with E-state index < -0.39 is 0 Å². The van der Waals surface area contributed by atoms with Gasteiger partial charge in [-0.15, -0.1) is 0 Å². The van der Waals surface area contributed by atoms with E-state index in [2.05, 4.69) is 53.0 Å². The van der Waals surface area contributed by atoms with Crippen LogP contribution < -0.4 is 5.73 Å². The Morgan fingerprint density at radius 2 is 1.92 bits per heavy atom. The summed E-state index contributed by atoms with van der Waals surface area (Å²) in [5.74, 6) is 0. The van der Waals surface area contributed by atoms with Crippen LogP contribution in [0.25, 0.3) is 22.2 Å². The smallest absolute Gasteiger partial charge is 0.0512 e. The van der Waals surface area contributed by atoms with E-state index in [1.807, 2.05) is 12.1 Å². The van der Waals surface area contributed by atoms with Crippen molar-refractivity contribution >= 4 is 38.4 Å². The number of hydrogen-bond acceptors (Lipinski definition) is 1. The average Bonchev–Trinajstić information content (AvgIpc) is 2.88. The number of aryl methyl sites for hydroxylation is 3. The molecule has 4 heteroatoms. The molecular formula is C20H22BrClN2. The first-order valence-corrected chi connectivity index (χ1v) is 9.45. The summed E-state index contributed by atoms with van der Waals surface area (Å²) in [6, 6.07) is 10.5. The SMILES string of the molecule is Cc1cc(C)c2c(CCCCN)c(-c3cc(Br)ccc3Cl)[nH]c2c1. The Balaban J connectivity index is 2.23. The third-order valence-corrected chi connectivity index (χ3v) is 5.24. The number of unbranched alkanes of at least 4 members (excludes halogenated alkanes) is 1. The Kier molecular flexibility index (Phi) is 5.33. The topological polar surface area (TPSA) is 41.8 Å². The molecule has 0 spiro atoms. The molecule has 0 radical (unpaired) electrons. The van der Waals surface area contributed by atoms with Crippen molar-refractivity contribution in [2.75, 3.05) is 6.54 Å². The summed E-state index contributed by atoms with van der Waals surface area (Å²) in [5, 5.41) is 2.09. The van der Waals surface area contributed by atoms with Crippen LogP contribution in [-0.2, 0) is 6.42 Å². The van der Waals surface area contributed by atoms with Crippen molar-refractivity contribution in [2.45, 2.75) is 33.1 Å². The van der Waals surface area contributed by atoms with Crippen LogP contribution in [0.5, 0.6) is 0 Å². The minimum atomic E-state index is 0.730. The molecule has 2 nitrogen and oxygen atoms in total. The van der Waals surface area contributed by atoms with Gasteiger partial charge in [0.25, 0.3) is 0 Å². The number of H-pyrrole nitrogens is 1. The van der Waals surface area contributed by atoms with Crippen molar-refractivity contribution in [3.05, 3.63) is 56.5 Å². The maximum atomic E-state index is 6.50. The summed E-state index contributed by atoms with van der Waals surface area (Å²) in [5.41, 5.74) is 13.0. The van der Waals surface area contributed by atoms with Crippen molar-refractivity contribution in [3.63, 3.8) is 0 Å². The summed E-state index contributed by atoms with van der Waals surface area (Å²) < 4.78 is 1.03. The molecule has 0 bridgehead atoms. The van der Waals surface area contributed by atoms with Gasteiger partial charge in [-0.3, -0.25) is 0 Å². The fourth-order valence-corrected chi connectivity index (χ4v) is 3.99. The zero-order chi connectivity index (χ0) is 17.3. The van der Waals surface area contributed by atoms with Crippen LogP contribution in [0.1, 0.15) is 29.5 Å². The Bertz CT molecular complexity index is 883. The third-order valence-electron chi connectivity index (χ3n) is 4.42. The van der Waals surface area contributed by atoms with E-state index in [0.29, 0.717) is 0 Å². The zero-order valence-corrected chi connectivity index (χ0v) is 16.4. The molecule has 0 fully saturated rings. The molecule has 0 saturated heterocycles. The molecule has 1 aromatic heterocycles. The molecule has 3 aromatic rings. The molecule has 0 amide bonds. The highest BCUT2D eigenvalue weighted by Gasteiger charge is 2.17. The molecule has 0 atom stereocenters. The predicted molar refractivity (Wildman–Crippen MR) is 108 cm³/mol. The second-order valence-corrected chi connectivity index (χ2v) is 7.68. The van der Waals surface area contributed by atoms with Gasteiger partial charge < -0.3 is 10.7 Å². The fraction of sp³-hybridized carbons (Fsp3) is 0.300. The van der Waals surface area contributed by atoms with Crippen molar-refractivity contribution < 1.29 is 0 Å². The van der Waals surface area contributed by atoms with Crippen LogP contribution in [0.3, 0.4) is 0 Å². The van der Waals surface area contributed by atoms with Crippen molar-refractivity contribution in [2.24, 2.45) is 5.73 Å². The first-order chi connectivity index (χ1) is 11.5. The van der Waals surface area contributed by atoms with Gasteiger partial charge in [0.1, 0.15) is 0 Å². The third kappa shape index (κ3) is 3.39. The lowest BCUT2D eigenvalue weighted by molar-refractivity contribution is 0.748. The van der Waals surface area contributed by atoms with E-state index in [1.165, 1.54) is 27.6 Å². The minimum absolute atomic E-state index is 0.730. The molecule has 0 saturated carbocycles. The van der Waals surface area contributed by atoms with Crippen molar-refractivity contribution in [3.8, 4) is 11.3 Å². The second-order valence-electron chi connectivity index (χ2n) is 6.35. The van der Waals surface area contributed by atoms with Crippen LogP contribution in [0.4, 0.5) is 0 Å². The van der Waals surface area contributed by atoms with E-state index in [1.54, 1.807) is 0 Å². The lowest BCUT2D eigenvalue weighted by Gasteiger charge is -2.09. The van der Waals surface area contributed by atoms with Gasteiger partial charge in [0, 0.05) is 26.0 Å². The summed E-state index contributed by atoms with van der Waals surface area (Å²) in [4.78, 5) is 3.62. The zero-order valence-electron chi connectivity index (χ0n) is 14.0. The molecule has 3 N–H and O–H groups in total. The lowest BCUT2D eigenvalue weighted by atomic mass is 9.97. The van der Waals surface area contributed by atoms with E-state index in [4.69, 9.17) is 17.3 Å². The summed E-state index contributed by atoms with van der Waals surface area (Å²) in [6.45, 7) is 5.04. The summed E-state index contributed by atoms with van der Waals surface area (Å²) in [6.07, 6.45) is 3.11. The highest BCUT2D eigenvalue weighted by atomic mass is 79.9. The van der Waals surface area contributed by atoms with Crippen LogP contribution in [0.15, 0.2) is 34.8 Å². The molecule has 126 valence electrons. The highest BCUT2D eigenvalue weighted by molar-refractivity contribution is 9.10. The Labute approximate surface area is 156 Å². The number of nitrogens with one attached hydrogen (secondary N) is 1. The monoisotopic (exact) mass is 404 g/mol. The van der Waals surface area contributed by atoms with Gasteiger partial charge in [-0.2, -0.15) is 0 Å². The minimum Gasteiger partial charge on any atom is -0.354 e. The number of benzene rings is 2. The lowest BCUT2D eigenvalue weighted by Crippen LogP contribution is -1.99. The van der Waals surface area contributed by atoms with Gasteiger partial charge in [0.2, 0.25) is 0 Å². The van der Waals surface area contributed by atoms with Crippen LogP contribution in [0.2, 0.25) is 5.02 Å². The van der Waals surface area contributed by atoms with E-state index in [-0.39, 0.29) is 0 Å². The number of fused-ring (bicyclic) bond motifs is 1. The van der Waals surface area contributed by atoms with Crippen LogP contribution in [-0.4, -0.2) is 11.5 Å². The molecule has 0 aliphatic rings. The quantitative estimate of drug-likeness (QED) is 0.491. The van der Waals surface area contributed by atoms with Gasteiger partial charge in [-0.25, -0.2) is 0 Å². The van der Waals surface area contributed by atoms with Gasteiger partial charge in [0.15, 0.2) is 0 Å². The first kappa shape index (κ1) is 17.5. The summed E-state index contributed by atoms with van der Waals surface area (Å²) in [7, 11) is 0. The molecule has 0 unspecified atom stereocenters. The van der Waals surface area contributed by atoms with E-state index in [9.17, 15) is 0 Å². The second kappa shape index (κ2) is 7.30. The van der Waals surface area contributed by atoms with Crippen LogP contribution in [0, 0.1) is 13.8 Å². The maximum Gasteiger partial charge on any atom is 0.0512 e. The number of aromatic nitrogens is 1. The van der Waals surface area contributed by atoms with Crippen LogP contribution >= 0.6 is 27.5 Å². The Morgan fingerprint density at radius 1 is 1.12 bits per heavy atom. The average molecular weight is 406 g/mol. The first-order valence-electron chi connectivity index (χ1n) is 8.28. The molecule has 0 aliphatic heterocycles. The van der Waals surface area contributed by atoms with Gasteiger partial charge in [0.05, 0.1) is 5.69 Å². The Hall–Kier alpha value is -1.29. The normalized spacial score (nSPS) is 11.4. The predicted octanol–water partition coefficient (Wildman–Crippen LogP) is 6.15. The Morgan fingerprint density at radius 3 is 2.67 bits per heavy atom. The largest absolute Gasteiger partial charge is 0.354 e. The molecular weight excluding hydrogens is 384 g/mol. The maximum absolute atomic E-state index is 6.50. The number of rotatable bonds is 5. The van der Waals surface area contributed by atoms with Gasteiger partial charge in [-0.1, -0.05) is 33.6 Å². The fourth-order valence-electron chi connectivity index (χ4n) is 3.42. The highest BCUT2D eigenvalue weighted by Crippen LogP contribution is 2.38. The van der Waals surface area contributed by atoms with E-state index >= 15 is 0 Å². The summed E-state index contributed by atoms with van der Waals surface area (Å²) >= 11 is 10.1.